The van der Waals surface area contributed by atoms with Gasteiger partial charge in [-0.05, 0) is 25.5 Å². The van der Waals surface area contributed by atoms with Crippen molar-refractivity contribution in [3.8, 4) is 0 Å². The Morgan fingerprint density at radius 3 is 2.65 bits per heavy atom. The zero-order valence-electron chi connectivity index (χ0n) is 13.9. The lowest BCUT2D eigenvalue weighted by molar-refractivity contribution is -0.126. The predicted molar refractivity (Wildman–Crippen MR) is 89.7 cm³/mol. The van der Waals surface area contributed by atoms with Gasteiger partial charge in [0, 0.05) is 25.7 Å². The van der Waals surface area contributed by atoms with Gasteiger partial charge in [0.15, 0.2) is 0 Å². The molecule has 0 saturated carbocycles. The molecular formula is C17H26N4O2. The average molecular weight is 318 g/mol. The van der Waals surface area contributed by atoms with Gasteiger partial charge in [-0.1, -0.05) is 37.3 Å². The molecule has 0 aromatic heterocycles. The number of nitrogens with two attached hydrogens (primary N) is 1. The van der Waals surface area contributed by atoms with E-state index in [0.29, 0.717) is 13.1 Å². The summed E-state index contributed by atoms with van der Waals surface area (Å²) in [6.07, 6.45) is 1.49. The summed E-state index contributed by atoms with van der Waals surface area (Å²) in [7, 11) is 1.96. The molecule has 0 aliphatic carbocycles. The van der Waals surface area contributed by atoms with Gasteiger partial charge in [-0.15, -0.1) is 0 Å². The van der Waals surface area contributed by atoms with E-state index < -0.39 is 6.03 Å². The Morgan fingerprint density at radius 1 is 1.39 bits per heavy atom. The molecule has 1 aliphatic heterocycles. The number of urea groups is 1. The van der Waals surface area contributed by atoms with E-state index in [0.717, 1.165) is 19.4 Å². The number of amides is 3. The maximum Gasteiger partial charge on any atom is 0.314 e. The highest BCUT2D eigenvalue weighted by Crippen LogP contribution is 2.12. The normalized spacial score (nSPS) is 18.9. The number of primary amides is 1. The van der Waals surface area contributed by atoms with Crippen molar-refractivity contribution in [1.82, 2.24) is 15.1 Å². The van der Waals surface area contributed by atoms with Crippen molar-refractivity contribution in [2.24, 2.45) is 5.73 Å². The van der Waals surface area contributed by atoms with Crippen LogP contribution in [-0.2, 0) is 11.3 Å². The SMILES string of the molecule is CC[C@H](C(=O)N[C@@H]1CCN(C(N)=O)C1)N(C)Cc1ccccc1. The molecule has 0 unspecified atom stereocenters. The summed E-state index contributed by atoms with van der Waals surface area (Å²) in [5.41, 5.74) is 6.46. The second-order valence-corrected chi connectivity index (χ2v) is 6.10. The van der Waals surface area contributed by atoms with E-state index in [2.05, 4.69) is 22.3 Å². The van der Waals surface area contributed by atoms with Gasteiger partial charge in [0.1, 0.15) is 0 Å². The molecule has 126 valence electrons. The van der Waals surface area contributed by atoms with E-state index in [-0.39, 0.29) is 18.0 Å². The first kappa shape index (κ1) is 17.3. The number of carbonyl (C=O) groups excluding carboxylic acids is 2. The minimum Gasteiger partial charge on any atom is -0.351 e. The second kappa shape index (κ2) is 7.97. The summed E-state index contributed by atoms with van der Waals surface area (Å²) >= 11 is 0. The topological polar surface area (TPSA) is 78.7 Å². The van der Waals surface area contributed by atoms with E-state index in [1.165, 1.54) is 5.56 Å². The first-order valence-corrected chi connectivity index (χ1v) is 8.10. The molecule has 1 heterocycles. The molecule has 6 heteroatoms. The van der Waals surface area contributed by atoms with Crippen LogP contribution < -0.4 is 11.1 Å². The van der Waals surface area contributed by atoms with Gasteiger partial charge in [-0.2, -0.15) is 0 Å². The van der Waals surface area contributed by atoms with E-state index >= 15 is 0 Å². The highest BCUT2D eigenvalue weighted by Gasteiger charge is 2.29. The quantitative estimate of drug-likeness (QED) is 0.826. The lowest BCUT2D eigenvalue weighted by Crippen LogP contribution is -2.49. The van der Waals surface area contributed by atoms with Gasteiger partial charge in [0.25, 0.3) is 0 Å². The molecule has 1 aromatic carbocycles. The monoisotopic (exact) mass is 318 g/mol. The molecule has 1 aromatic rings. The van der Waals surface area contributed by atoms with Gasteiger partial charge in [0.2, 0.25) is 5.91 Å². The van der Waals surface area contributed by atoms with Crippen LogP contribution in [0.2, 0.25) is 0 Å². The standard InChI is InChI=1S/C17H26N4O2/c1-3-15(20(2)11-13-7-5-4-6-8-13)16(22)19-14-9-10-21(12-14)17(18)23/h4-8,14-15H,3,9-12H2,1-2H3,(H2,18,23)(H,19,22)/t14-,15-/m1/s1. The Morgan fingerprint density at radius 2 is 2.09 bits per heavy atom. The third-order valence-corrected chi connectivity index (χ3v) is 4.34. The van der Waals surface area contributed by atoms with E-state index in [1.807, 2.05) is 32.2 Å². The number of likely N-dealkylation sites (tertiary alicyclic amines) is 1. The van der Waals surface area contributed by atoms with Crippen LogP contribution in [-0.4, -0.2) is 54.0 Å². The van der Waals surface area contributed by atoms with Crippen molar-refractivity contribution >= 4 is 11.9 Å². The number of benzene rings is 1. The van der Waals surface area contributed by atoms with Gasteiger partial charge < -0.3 is 16.0 Å². The number of hydrogen-bond acceptors (Lipinski definition) is 3. The molecule has 23 heavy (non-hydrogen) atoms. The fraction of sp³-hybridized carbons (Fsp3) is 0.529. The molecular weight excluding hydrogens is 292 g/mol. The van der Waals surface area contributed by atoms with Gasteiger partial charge in [0.05, 0.1) is 6.04 Å². The van der Waals surface area contributed by atoms with E-state index in [1.54, 1.807) is 4.90 Å². The molecule has 1 aliphatic rings. The van der Waals surface area contributed by atoms with E-state index in [4.69, 9.17) is 5.73 Å². The maximum absolute atomic E-state index is 12.6. The van der Waals surface area contributed by atoms with Crippen molar-refractivity contribution in [3.05, 3.63) is 35.9 Å². The Kier molecular flexibility index (Phi) is 5.98. The lowest BCUT2D eigenvalue weighted by atomic mass is 10.1. The number of nitrogens with one attached hydrogen (secondary N) is 1. The van der Waals surface area contributed by atoms with E-state index in [9.17, 15) is 9.59 Å². The largest absolute Gasteiger partial charge is 0.351 e. The summed E-state index contributed by atoms with van der Waals surface area (Å²) < 4.78 is 0. The van der Waals surface area contributed by atoms with Crippen LogP contribution in [0.25, 0.3) is 0 Å². The summed E-state index contributed by atoms with van der Waals surface area (Å²) in [6.45, 7) is 3.85. The average Bonchev–Trinajstić information content (AvgIpc) is 2.97. The summed E-state index contributed by atoms with van der Waals surface area (Å²) in [4.78, 5) is 27.3. The molecule has 0 spiro atoms. The predicted octanol–water partition coefficient (Wildman–Crippen LogP) is 1.17. The third-order valence-electron chi connectivity index (χ3n) is 4.34. The molecule has 1 fully saturated rings. The number of rotatable bonds is 6. The first-order chi connectivity index (χ1) is 11.0. The Labute approximate surface area is 137 Å². The van der Waals surface area contributed by atoms with Crippen LogP contribution in [0.5, 0.6) is 0 Å². The number of likely N-dealkylation sites (N-methyl/N-ethyl adjacent to an activating group) is 1. The molecule has 2 atom stereocenters. The summed E-state index contributed by atoms with van der Waals surface area (Å²) in [5, 5.41) is 3.05. The van der Waals surface area contributed by atoms with Crippen LogP contribution in [0.4, 0.5) is 4.79 Å². The van der Waals surface area contributed by atoms with Crippen LogP contribution >= 0.6 is 0 Å². The fourth-order valence-electron chi connectivity index (χ4n) is 3.05. The first-order valence-electron chi connectivity index (χ1n) is 8.10. The number of nitrogens with zero attached hydrogens (tertiary/aromatic N) is 2. The molecule has 1 saturated heterocycles. The Balaban J connectivity index is 1.89. The van der Waals surface area contributed by atoms with Gasteiger partial charge in [-0.3, -0.25) is 9.69 Å². The maximum atomic E-state index is 12.6. The minimum absolute atomic E-state index is 0.00539. The minimum atomic E-state index is -0.421. The summed E-state index contributed by atoms with van der Waals surface area (Å²) in [6, 6.07) is 9.49. The van der Waals surface area contributed by atoms with Crippen LogP contribution in [0.15, 0.2) is 30.3 Å². The number of carbonyl (C=O) groups is 2. The van der Waals surface area contributed by atoms with Crippen molar-refractivity contribution in [2.75, 3.05) is 20.1 Å². The third kappa shape index (κ3) is 4.69. The Bertz CT molecular complexity index is 535. The van der Waals surface area contributed by atoms with Gasteiger partial charge >= 0.3 is 6.03 Å². The fourth-order valence-corrected chi connectivity index (χ4v) is 3.05. The molecule has 3 N–H and O–H groups in total. The molecule has 6 nitrogen and oxygen atoms in total. The molecule has 0 radical (unpaired) electrons. The van der Waals surface area contributed by atoms with Crippen LogP contribution in [0, 0.1) is 0 Å². The van der Waals surface area contributed by atoms with Crippen molar-refractivity contribution in [2.45, 2.75) is 38.4 Å². The van der Waals surface area contributed by atoms with Crippen molar-refractivity contribution in [1.29, 1.82) is 0 Å². The summed E-state index contributed by atoms with van der Waals surface area (Å²) in [5.74, 6) is 0.0160. The van der Waals surface area contributed by atoms with Gasteiger partial charge in [-0.25, -0.2) is 4.79 Å². The molecule has 0 bridgehead atoms. The lowest BCUT2D eigenvalue weighted by Gasteiger charge is -2.27. The molecule has 3 amide bonds. The zero-order chi connectivity index (χ0) is 16.8. The van der Waals surface area contributed by atoms with Crippen LogP contribution in [0.1, 0.15) is 25.3 Å². The van der Waals surface area contributed by atoms with Crippen molar-refractivity contribution < 1.29 is 9.59 Å². The smallest absolute Gasteiger partial charge is 0.314 e. The van der Waals surface area contributed by atoms with Crippen LogP contribution in [0.3, 0.4) is 0 Å². The number of hydrogen-bond donors (Lipinski definition) is 2. The highest BCUT2D eigenvalue weighted by atomic mass is 16.2. The molecule has 2 rings (SSSR count). The van der Waals surface area contributed by atoms with Crippen molar-refractivity contribution in [3.63, 3.8) is 0 Å². The zero-order valence-corrected chi connectivity index (χ0v) is 13.9. The highest BCUT2D eigenvalue weighted by molar-refractivity contribution is 5.82. The Hall–Kier alpha value is -2.08. The second-order valence-electron chi connectivity index (χ2n) is 6.10.